The van der Waals surface area contributed by atoms with Crippen LogP contribution in [0.4, 0.5) is 5.69 Å². The molecule has 2 aromatic carbocycles. The Labute approximate surface area is 185 Å². The summed E-state index contributed by atoms with van der Waals surface area (Å²) in [5.41, 5.74) is 1.89. The number of carbonyl (C=O) groups excluding carboxylic acids is 1. The van der Waals surface area contributed by atoms with E-state index in [-0.39, 0.29) is 17.2 Å². The largest absolute Gasteiger partial charge is 0.325 e. The van der Waals surface area contributed by atoms with Crippen molar-refractivity contribution >= 4 is 50.3 Å². The molecule has 0 saturated heterocycles. The van der Waals surface area contributed by atoms with E-state index in [0.717, 1.165) is 10.0 Å². The van der Waals surface area contributed by atoms with Gasteiger partial charge in [-0.15, -0.1) is 0 Å². The van der Waals surface area contributed by atoms with Crippen molar-refractivity contribution in [2.24, 2.45) is 0 Å². The van der Waals surface area contributed by atoms with Gasteiger partial charge in [0.05, 0.1) is 17.7 Å². The quantitative estimate of drug-likeness (QED) is 0.328. The number of fused-ring (bicyclic) bond motifs is 1. The Morgan fingerprint density at radius 1 is 1.03 bits per heavy atom. The molecule has 1 N–H and O–H groups in total. The summed E-state index contributed by atoms with van der Waals surface area (Å²) >= 11 is 4.59. The number of carbonyl (C=O) groups is 1. The fourth-order valence-corrected chi connectivity index (χ4v) is 3.96. The molecular weight excluding hydrogens is 464 g/mol. The number of hydrogen-bond acceptors (Lipinski definition) is 5. The van der Waals surface area contributed by atoms with Crippen molar-refractivity contribution in [2.45, 2.75) is 11.7 Å². The molecule has 0 radical (unpaired) electrons. The summed E-state index contributed by atoms with van der Waals surface area (Å²) in [5.74, 6) is -0.0562. The minimum absolute atomic E-state index is 0.121. The molecule has 1 amide bonds. The molecule has 150 valence electrons. The number of aromatic nitrogens is 3. The smallest absolute Gasteiger partial charge is 0.263 e. The molecule has 4 aromatic rings. The fraction of sp³-hybridized carbons (Fsp3) is 0.0909. The van der Waals surface area contributed by atoms with Gasteiger partial charge in [0.1, 0.15) is 0 Å². The van der Waals surface area contributed by atoms with E-state index < -0.39 is 0 Å². The number of thioether (sulfide) groups is 1. The molecule has 0 aliphatic heterocycles. The van der Waals surface area contributed by atoms with Gasteiger partial charge in [0.2, 0.25) is 5.91 Å². The normalized spacial score (nSPS) is 10.8. The van der Waals surface area contributed by atoms with Gasteiger partial charge >= 0.3 is 0 Å². The highest BCUT2D eigenvalue weighted by Gasteiger charge is 2.14. The van der Waals surface area contributed by atoms with Gasteiger partial charge in [-0.1, -0.05) is 58.0 Å². The van der Waals surface area contributed by atoms with Gasteiger partial charge in [0.15, 0.2) is 10.8 Å². The summed E-state index contributed by atoms with van der Waals surface area (Å²) in [5, 5.41) is 3.76. The lowest BCUT2D eigenvalue weighted by Gasteiger charge is -2.13. The van der Waals surface area contributed by atoms with Gasteiger partial charge in [-0.05, 0) is 42.0 Å². The summed E-state index contributed by atoms with van der Waals surface area (Å²) in [4.78, 5) is 34.3. The Morgan fingerprint density at radius 2 is 1.80 bits per heavy atom. The summed E-state index contributed by atoms with van der Waals surface area (Å²) in [6.07, 6.45) is 1.60. The van der Waals surface area contributed by atoms with Crippen LogP contribution in [0.15, 0.2) is 87.4 Å². The van der Waals surface area contributed by atoms with Crippen LogP contribution in [0.5, 0.6) is 0 Å². The summed E-state index contributed by atoms with van der Waals surface area (Å²) < 4.78 is 2.53. The molecule has 2 heterocycles. The van der Waals surface area contributed by atoms with Crippen LogP contribution in [0.2, 0.25) is 0 Å². The first-order chi connectivity index (χ1) is 14.6. The number of amides is 1. The summed E-state index contributed by atoms with van der Waals surface area (Å²) in [6.45, 7) is 0.369. The van der Waals surface area contributed by atoms with E-state index in [1.54, 1.807) is 22.9 Å². The van der Waals surface area contributed by atoms with Crippen molar-refractivity contribution in [1.82, 2.24) is 14.5 Å². The van der Waals surface area contributed by atoms with Crippen LogP contribution in [0.1, 0.15) is 5.56 Å². The Hall–Kier alpha value is -2.97. The number of anilines is 1. The average Bonchev–Trinajstić information content (AvgIpc) is 2.77. The summed E-state index contributed by atoms with van der Waals surface area (Å²) in [6, 6.07) is 20.5. The third kappa shape index (κ3) is 4.77. The molecule has 0 bridgehead atoms. The zero-order valence-corrected chi connectivity index (χ0v) is 18.2. The van der Waals surface area contributed by atoms with Crippen LogP contribution in [-0.2, 0) is 11.3 Å². The average molecular weight is 481 g/mol. The molecule has 4 rings (SSSR count). The van der Waals surface area contributed by atoms with Gasteiger partial charge < -0.3 is 5.32 Å². The second kappa shape index (κ2) is 9.23. The monoisotopic (exact) mass is 480 g/mol. The standard InChI is InChI=1S/C22H17BrN4O2S/c23-16-8-10-17(11-9-16)25-19(28)14-30-22-26-20-18(7-4-12-24-20)21(29)27(22)13-15-5-2-1-3-6-15/h1-12H,13-14H2,(H,25,28). The second-order valence-electron chi connectivity index (χ2n) is 6.49. The number of pyridine rings is 1. The van der Waals surface area contributed by atoms with Crippen molar-refractivity contribution in [1.29, 1.82) is 0 Å². The molecule has 0 aliphatic carbocycles. The Bertz CT molecular complexity index is 1240. The zero-order valence-electron chi connectivity index (χ0n) is 15.8. The first-order valence-corrected chi connectivity index (χ1v) is 11.0. The lowest BCUT2D eigenvalue weighted by molar-refractivity contribution is -0.113. The predicted molar refractivity (Wildman–Crippen MR) is 123 cm³/mol. The van der Waals surface area contributed by atoms with Crippen molar-refractivity contribution < 1.29 is 4.79 Å². The molecule has 0 aliphatic rings. The van der Waals surface area contributed by atoms with E-state index in [4.69, 9.17) is 0 Å². The number of hydrogen-bond donors (Lipinski definition) is 1. The number of rotatable bonds is 6. The van der Waals surface area contributed by atoms with Crippen molar-refractivity contribution in [3.63, 3.8) is 0 Å². The third-order valence-electron chi connectivity index (χ3n) is 4.34. The van der Waals surface area contributed by atoms with Crippen LogP contribution in [0, 0.1) is 0 Å². The topological polar surface area (TPSA) is 76.9 Å². The van der Waals surface area contributed by atoms with E-state index in [2.05, 4.69) is 31.2 Å². The highest BCUT2D eigenvalue weighted by atomic mass is 79.9. The Balaban J connectivity index is 1.60. The molecule has 0 saturated carbocycles. The van der Waals surface area contributed by atoms with Gasteiger partial charge in [-0.2, -0.15) is 0 Å². The maximum absolute atomic E-state index is 13.1. The maximum Gasteiger partial charge on any atom is 0.263 e. The number of nitrogens with zero attached hydrogens (tertiary/aromatic N) is 3. The Kier molecular flexibility index (Phi) is 6.25. The molecule has 0 fully saturated rings. The SMILES string of the molecule is O=C(CSc1nc2ncccc2c(=O)n1Cc1ccccc1)Nc1ccc(Br)cc1. The molecule has 2 aromatic heterocycles. The molecule has 30 heavy (non-hydrogen) atoms. The summed E-state index contributed by atoms with van der Waals surface area (Å²) in [7, 11) is 0. The first kappa shape index (κ1) is 20.3. The first-order valence-electron chi connectivity index (χ1n) is 9.18. The van der Waals surface area contributed by atoms with E-state index in [1.807, 2.05) is 54.6 Å². The van der Waals surface area contributed by atoms with Gasteiger partial charge in [-0.25, -0.2) is 9.97 Å². The highest BCUT2D eigenvalue weighted by Crippen LogP contribution is 2.19. The van der Waals surface area contributed by atoms with Gasteiger partial charge in [0, 0.05) is 16.4 Å². The van der Waals surface area contributed by atoms with Gasteiger partial charge in [0.25, 0.3) is 5.56 Å². The zero-order chi connectivity index (χ0) is 20.9. The molecular formula is C22H17BrN4O2S. The Morgan fingerprint density at radius 3 is 2.57 bits per heavy atom. The third-order valence-corrected chi connectivity index (χ3v) is 5.84. The lowest BCUT2D eigenvalue weighted by Crippen LogP contribution is -2.25. The van der Waals surface area contributed by atoms with E-state index in [1.165, 1.54) is 11.8 Å². The molecule has 0 unspecified atom stereocenters. The maximum atomic E-state index is 13.1. The van der Waals surface area contributed by atoms with E-state index >= 15 is 0 Å². The van der Waals surface area contributed by atoms with Crippen molar-refractivity contribution in [3.05, 3.63) is 93.3 Å². The number of nitrogens with one attached hydrogen (secondary N) is 1. The molecule has 0 atom stereocenters. The highest BCUT2D eigenvalue weighted by molar-refractivity contribution is 9.10. The van der Waals surface area contributed by atoms with Crippen LogP contribution in [0.3, 0.4) is 0 Å². The van der Waals surface area contributed by atoms with Crippen LogP contribution >= 0.6 is 27.7 Å². The second-order valence-corrected chi connectivity index (χ2v) is 8.35. The number of halogens is 1. The molecule has 0 spiro atoms. The number of benzene rings is 2. The molecule has 6 nitrogen and oxygen atoms in total. The lowest BCUT2D eigenvalue weighted by atomic mass is 10.2. The predicted octanol–water partition coefficient (Wildman–Crippen LogP) is 4.33. The van der Waals surface area contributed by atoms with Crippen LogP contribution < -0.4 is 10.9 Å². The van der Waals surface area contributed by atoms with Crippen molar-refractivity contribution in [3.8, 4) is 0 Å². The minimum atomic E-state index is -0.177. The fourth-order valence-electron chi connectivity index (χ4n) is 2.91. The van der Waals surface area contributed by atoms with Crippen LogP contribution in [0.25, 0.3) is 11.0 Å². The van der Waals surface area contributed by atoms with E-state index in [0.29, 0.717) is 28.4 Å². The van der Waals surface area contributed by atoms with E-state index in [9.17, 15) is 9.59 Å². The van der Waals surface area contributed by atoms with Gasteiger partial charge in [-0.3, -0.25) is 14.2 Å². The van der Waals surface area contributed by atoms with Crippen molar-refractivity contribution in [2.75, 3.05) is 11.1 Å². The minimum Gasteiger partial charge on any atom is -0.325 e. The molecule has 8 heteroatoms. The van der Waals surface area contributed by atoms with Crippen LogP contribution in [-0.4, -0.2) is 26.2 Å².